The van der Waals surface area contributed by atoms with Crippen molar-refractivity contribution in [3.63, 3.8) is 0 Å². The fraction of sp³-hybridized carbons (Fsp3) is 0.143. The van der Waals surface area contributed by atoms with Gasteiger partial charge in [-0.1, -0.05) is 30.3 Å². The van der Waals surface area contributed by atoms with Crippen LogP contribution >= 0.6 is 0 Å². The molecule has 6 heteroatoms. The molecule has 2 aromatic rings. The van der Waals surface area contributed by atoms with E-state index >= 15 is 0 Å². The minimum absolute atomic E-state index is 0.258. The second kappa shape index (κ2) is 5.73. The minimum atomic E-state index is -4.38. The van der Waals surface area contributed by atoms with Crippen molar-refractivity contribution in [2.45, 2.75) is 13.1 Å². The predicted octanol–water partition coefficient (Wildman–Crippen LogP) is 3.94. The quantitative estimate of drug-likeness (QED) is 0.682. The van der Waals surface area contributed by atoms with Crippen LogP contribution in [0.4, 0.5) is 19.0 Å². The summed E-state index contributed by atoms with van der Waals surface area (Å²) in [6, 6.07) is 11.6. The maximum atomic E-state index is 12.4. The molecule has 0 atom stereocenters. The highest BCUT2D eigenvalue weighted by atomic mass is 19.4. The summed E-state index contributed by atoms with van der Waals surface area (Å²) in [7, 11) is 0. The fourth-order valence-corrected chi connectivity index (χ4v) is 1.51. The van der Waals surface area contributed by atoms with E-state index in [0.717, 1.165) is 17.8 Å². The molecule has 3 nitrogen and oxygen atoms in total. The van der Waals surface area contributed by atoms with Gasteiger partial charge in [0.1, 0.15) is 5.82 Å². The molecule has 20 heavy (non-hydrogen) atoms. The van der Waals surface area contributed by atoms with Gasteiger partial charge in [0.15, 0.2) is 0 Å². The van der Waals surface area contributed by atoms with Crippen molar-refractivity contribution in [3.8, 4) is 0 Å². The second-order valence-corrected chi connectivity index (χ2v) is 4.10. The molecule has 0 fully saturated rings. The molecule has 0 unspecified atom stereocenters. The lowest BCUT2D eigenvalue weighted by Gasteiger charge is -2.07. The van der Waals surface area contributed by atoms with Gasteiger partial charge in [-0.3, -0.25) is 5.43 Å². The van der Waals surface area contributed by atoms with Gasteiger partial charge in [0.05, 0.1) is 11.3 Å². The van der Waals surface area contributed by atoms with Crippen molar-refractivity contribution >= 4 is 11.5 Å². The van der Waals surface area contributed by atoms with Crippen LogP contribution in [0.1, 0.15) is 18.1 Å². The lowest BCUT2D eigenvalue weighted by molar-refractivity contribution is -0.137. The smallest absolute Gasteiger partial charge is 0.261 e. The number of alkyl halides is 3. The Morgan fingerprint density at radius 3 is 2.35 bits per heavy atom. The van der Waals surface area contributed by atoms with Crippen molar-refractivity contribution < 1.29 is 13.2 Å². The standard InChI is InChI=1S/C14H12F3N3/c1-10(11-5-3-2-4-6-11)19-20-13-8-7-12(9-18-13)14(15,16)17/h2-9H,1H3,(H,18,20)/b19-10-. The summed E-state index contributed by atoms with van der Waals surface area (Å²) >= 11 is 0. The maximum absolute atomic E-state index is 12.4. The number of anilines is 1. The summed E-state index contributed by atoms with van der Waals surface area (Å²) in [5.41, 5.74) is 3.48. The van der Waals surface area contributed by atoms with Crippen LogP contribution < -0.4 is 5.43 Å². The third-order valence-corrected chi connectivity index (χ3v) is 2.62. The molecule has 0 radical (unpaired) electrons. The molecule has 2 rings (SSSR count). The van der Waals surface area contributed by atoms with Gasteiger partial charge in [-0.25, -0.2) is 4.98 Å². The first-order valence-electron chi connectivity index (χ1n) is 5.86. The average Bonchev–Trinajstić information content (AvgIpc) is 2.45. The molecule has 0 aliphatic carbocycles. The van der Waals surface area contributed by atoms with Gasteiger partial charge in [0, 0.05) is 6.20 Å². The van der Waals surface area contributed by atoms with E-state index in [1.54, 1.807) is 6.92 Å². The number of pyridine rings is 1. The first-order valence-corrected chi connectivity index (χ1v) is 5.86. The Bertz CT molecular complexity index is 589. The first-order chi connectivity index (χ1) is 9.47. The Kier molecular flexibility index (Phi) is 4.02. The molecular weight excluding hydrogens is 267 g/mol. The van der Waals surface area contributed by atoms with E-state index in [0.29, 0.717) is 5.71 Å². The zero-order valence-corrected chi connectivity index (χ0v) is 10.6. The molecule has 104 valence electrons. The molecule has 0 aliphatic heterocycles. The normalized spacial score (nSPS) is 12.3. The number of nitrogens with one attached hydrogen (secondary N) is 1. The molecule has 0 aliphatic rings. The molecule has 1 aromatic carbocycles. The minimum Gasteiger partial charge on any atom is -0.261 e. The SMILES string of the molecule is C/C(=N/Nc1ccc(C(F)(F)F)cn1)c1ccccc1. The maximum Gasteiger partial charge on any atom is 0.417 e. The summed E-state index contributed by atoms with van der Waals surface area (Å²) in [4.78, 5) is 3.67. The number of halogens is 3. The van der Waals surface area contributed by atoms with Crippen LogP contribution in [0.15, 0.2) is 53.8 Å². The van der Waals surface area contributed by atoms with Gasteiger partial charge < -0.3 is 0 Å². The summed E-state index contributed by atoms with van der Waals surface area (Å²) in [5, 5.41) is 4.08. The first kappa shape index (κ1) is 14.0. The third kappa shape index (κ3) is 3.57. The van der Waals surface area contributed by atoms with Crippen LogP contribution in [0.5, 0.6) is 0 Å². The van der Waals surface area contributed by atoms with E-state index in [4.69, 9.17) is 0 Å². The molecule has 1 heterocycles. The highest BCUT2D eigenvalue weighted by Gasteiger charge is 2.30. The van der Waals surface area contributed by atoms with Crippen LogP contribution in [0, 0.1) is 0 Å². The number of hydrazone groups is 1. The number of benzene rings is 1. The number of hydrogen-bond donors (Lipinski definition) is 1. The van der Waals surface area contributed by atoms with E-state index in [-0.39, 0.29) is 5.82 Å². The van der Waals surface area contributed by atoms with Crippen LogP contribution in [-0.4, -0.2) is 10.7 Å². The highest BCUT2D eigenvalue weighted by Crippen LogP contribution is 2.28. The van der Waals surface area contributed by atoms with Crippen LogP contribution in [0.2, 0.25) is 0 Å². The zero-order chi connectivity index (χ0) is 14.6. The highest BCUT2D eigenvalue weighted by molar-refractivity contribution is 5.98. The van der Waals surface area contributed by atoms with Crippen molar-refractivity contribution in [1.82, 2.24) is 4.98 Å². The molecule has 1 N–H and O–H groups in total. The number of rotatable bonds is 3. The predicted molar refractivity (Wildman–Crippen MR) is 71.5 cm³/mol. The zero-order valence-electron chi connectivity index (χ0n) is 10.6. The van der Waals surface area contributed by atoms with Gasteiger partial charge >= 0.3 is 6.18 Å². The summed E-state index contributed by atoms with van der Waals surface area (Å²) in [6.45, 7) is 1.80. The fourth-order valence-electron chi connectivity index (χ4n) is 1.51. The molecule has 1 aromatic heterocycles. The molecular formula is C14H12F3N3. The van der Waals surface area contributed by atoms with Crippen molar-refractivity contribution in [1.29, 1.82) is 0 Å². The number of nitrogens with zero attached hydrogens (tertiary/aromatic N) is 2. The van der Waals surface area contributed by atoms with Gasteiger partial charge in [0.2, 0.25) is 0 Å². The Morgan fingerprint density at radius 1 is 1.10 bits per heavy atom. The van der Waals surface area contributed by atoms with E-state index in [1.165, 1.54) is 6.07 Å². The van der Waals surface area contributed by atoms with E-state index in [1.807, 2.05) is 30.3 Å². The third-order valence-electron chi connectivity index (χ3n) is 2.62. The van der Waals surface area contributed by atoms with Gasteiger partial charge in [-0.15, -0.1) is 0 Å². The Balaban J connectivity index is 2.08. The van der Waals surface area contributed by atoms with Gasteiger partial charge in [-0.05, 0) is 24.6 Å². The lowest BCUT2D eigenvalue weighted by atomic mass is 10.1. The van der Waals surface area contributed by atoms with Crippen LogP contribution in [-0.2, 0) is 6.18 Å². The summed E-state index contributed by atoms with van der Waals surface area (Å²) in [6.07, 6.45) is -3.61. The second-order valence-electron chi connectivity index (χ2n) is 4.10. The molecule has 0 amide bonds. The lowest BCUT2D eigenvalue weighted by Crippen LogP contribution is -2.06. The van der Waals surface area contributed by atoms with Crippen LogP contribution in [0.3, 0.4) is 0 Å². The molecule has 0 spiro atoms. The van der Waals surface area contributed by atoms with E-state index in [9.17, 15) is 13.2 Å². The topological polar surface area (TPSA) is 37.3 Å². The molecule has 0 bridgehead atoms. The Hall–Kier alpha value is -2.37. The van der Waals surface area contributed by atoms with Gasteiger partial charge in [-0.2, -0.15) is 18.3 Å². The van der Waals surface area contributed by atoms with E-state index < -0.39 is 11.7 Å². The van der Waals surface area contributed by atoms with Gasteiger partial charge in [0.25, 0.3) is 0 Å². The number of hydrogen-bond acceptors (Lipinski definition) is 3. The largest absolute Gasteiger partial charge is 0.417 e. The van der Waals surface area contributed by atoms with Crippen molar-refractivity contribution in [3.05, 3.63) is 59.8 Å². The molecule has 0 saturated heterocycles. The van der Waals surface area contributed by atoms with Crippen molar-refractivity contribution in [2.24, 2.45) is 5.10 Å². The summed E-state index contributed by atoms with van der Waals surface area (Å²) in [5.74, 6) is 0.258. The van der Waals surface area contributed by atoms with Crippen LogP contribution in [0.25, 0.3) is 0 Å². The monoisotopic (exact) mass is 279 g/mol. The average molecular weight is 279 g/mol. The Labute approximate surface area is 114 Å². The van der Waals surface area contributed by atoms with E-state index in [2.05, 4.69) is 15.5 Å². The summed E-state index contributed by atoms with van der Waals surface area (Å²) < 4.78 is 37.1. The molecule has 0 saturated carbocycles. The Morgan fingerprint density at radius 2 is 1.80 bits per heavy atom. The number of aromatic nitrogens is 1. The van der Waals surface area contributed by atoms with Crippen molar-refractivity contribution in [2.75, 3.05) is 5.43 Å².